The van der Waals surface area contributed by atoms with Crippen LogP contribution in [0.15, 0.2) is 18.2 Å². The molecule has 4 heteroatoms. The summed E-state index contributed by atoms with van der Waals surface area (Å²) in [5.74, 6) is -1.78. The number of carbonyl (C=O) groups is 1. The second-order valence-corrected chi connectivity index (χ2v) is 3.07. The van der Waals surface area contributed by atoms with Gasteiger partial charge >= 0.3 is 6.18 Å². The lowest BCUT2D eigenvalue weighted by Crippen LogP contribution is -2.23. The number of hydrogen-bond acceptors (Lipinski definition) is 1. The topological polar surface area (TPSA) is 17.1 Å². The van der Waals surface area contributed by atoms with Gasteiger partial charge in [0, 0.05) is 5.56 Å². The van der Waals surface area contributed by atoms with Gasteiger partial charge in [-0.2, -0.15) is 13.2 Å². The third kappa shape index (κ3) is 1.95. The molecular formula is C10H9F3O. The minimum atomic E-state index is -4.79. The first-order chi connectivity index (χ1) is 6.34. The number of rotatable bonds is 1. The fraction of sp³-hybridized carbons (Fsp3) is 0.300. The summed E-state index contributed by atoms with van der Waals surface area (Å²) in [6.07, 6.45) is -4.79. The predicted molar refractivity (Wildman–Crippen MR) is 46.3 cm³/mol. The van der Waals surface area contributed by atoms with Crippen LogP contribution in [0.1, 0.15) is 21.5 Å². The largest absolute Gasteiger partial charge is 0.454 e. The minimum absolute atomic E-state index is 0.266. The van der Waals surface area contributed by atoms with Crippen LogP contribution in [0.25, 0.3) is 0 Å². The van der Waals surface area contributed by atoms with E-state index in [1.165, 1.54) is 19.1 Å². The smallest absolute Gasteiger partial charge is 0.284 e. The van der Waals surface area contributed by atoms with E-state index in [1.807, 2.05) is 0 Å². The Morgan fingerprint density at radius 3 is 2.29 bits per heavy atom. The number of aryl methyl sites for hydroxylation is 1. The zero-order valence-electron chi connectivity index (χ0n) is 7.77. The van der Waals surface area contributed by atoms with E-state index >= 15 is 0 Å². The van der Waals surface area contributed by atoms with Crippen LogP contribution in [0.4, 0.5) is 13.2 Å². The lowest BCUT2D eigenvalue weighted by Gasteiger charge is -2.09. The van der Waals surface area contributed by atoms with Gasteiger partial charge in [-0.25, -0.2) is 0 Å². The summed E-state index contributed by atoms with van der Waals surface area (Å²) >= 11 is 0. The highest BCUT2D eigenvalue weighted by molar-refractivity contribution is 6.01. The molecule has 0 unspecified atom stereocenters. The summed E-state index contributed by atoms with van der Waals surface area (Å²) in [6, 6.07) is 4.31. The summed E-state index contributed by atoms with van der Waals surface area (Å²) in [5.41, 5.74) is 0.799. The predicted octanol–water partition coefficient (Wildman–Crippen LogP) is 3.05. The monoisotopic (exact) mass is 202 g/mol. The molecule has 14 heavy (non-hydrogen) atoms. The quantitative estimate of drug-likeness (QED) is 0.639. The normalized spacial score (nSPS) is 11.5. The molecule has 0 bridgehead atoms. The molecule has 1 rings (SSSR count). The molecule has 0 spiro atoms. The molecule has 0 aliphatic heterocycles. The maximum Gasteiger partial charge on any atom is 0.454 e. The number of alkyl halides is 3. The van der Waals surface area contributed by atoms with Gasteiger partial charge < -0.3 is 0 Å². The molecule has 0 fully saturated rings. The highest BCUT2D eigenvalue weighted by Crippen LogP contribution is 2.24. The Morgan fingerprint density at radius 2 is 1.79 bits per heavy atom. The van der Waals surface area contributed by atoms with Crippen LogP contribution < -0.4 is 0 Å². The highest BCUT2D eigenvalue weighted by atomic mass is 19.4. The van der Waals surface area contributed by atoms with Gasteiger partial charge in [-0.15, -0.1) is 0 Å². The van der Waals surface area contributed by atoms with Gasteiger partial charge in [-0.05, 0) is 25.0 Å². The van der Waals surface area contributed by atoms with Gasteiger partial charge in [-0.1, -0.05) is 18.2 Å². The molecule has 76 valence electrons. The highest BCUT2D eigenvalue weighted by Gasteiger charge is 2.39. The van der Waals surface area contributed by atoms with Crippen molar-refractivity contribution >= 4 is 5.78 Å². The number of hydrogen-bond donors (Lipinski definition) is 0. The second-order valence-electron chi connectivity index (χ2n) is 3.07. The number of halogens is 3. The number of ketones is 1. The molecule has 0 aliphatic carbocycles. The number of benzene rings is 1. The first kappa shape index (κ1) is 10.8. The molecule has 1 aromatic carbocycles. The number of carbonyl (C=O) groups excluding carboxylic acids is 1. The van der Waals surface area contributed by atoms with E-state index < -0.39 is 12.0 Å². The van der Waals surface area contributed by atoms with E-state index in [-0.39, 0.29) is 5.56 Å². The van der Waals surface area contributed by atoms with Crippen molar-refractivity contribution in [3.63, 3.8) is 0 Å². The van der Waals surface area contributed by atoms with Gasteiger partial charge in [0.05, 0.1) is 0 Å². The van der Waals surface area contributed by atoms with Gasteiger partial charge in [0.2, 0.25) is 0 Å². The van der Waals surface area contributed by atoms with Crippen molar-refractivity contribution in [2.75, 3.05) is 0 Å². The lowest BCUT2D eigenvalue weighted by atomic mass is 10.00. The van der Waals surface area contributed by atoms with Crippen molar-refractivity contribution in [1.29, 1.82) is 0 Å². The minimum Gasteiger partial charge on any atom is -0.284 e. The molecular weight excluding hydrogens is 193 g/mol. The third-order valence-corrected chi connectivity index (χ3v) is 2.11. The summed E-state index contributed by atoms with van der Waals surface area (Å²) in [4.78, 5) is 10.9. The first-order valence-corrected chi connectivity index (χ1v) is 4.02. The Morgan fingerprint density at radius 1 is 1.21 bits per heavy atom. The van der Waals surface area contributed by atoms with Gasteiger partial charge in [-0.3, -0.25) is 4.79 Å². The zero-order chi connectivity index (χ0) is 10.9. The van der Waals surface area contributed by atoms with Crippen molar-refractivity contribution in [3.05, 3.63) is 34.9 Å². The van der Waals surface area contributed by atoms with Gasteiger partial charge in [0.1, 0.15) is 0 Å². The number of Topliss-reactive ketones (excluding diaryl/α,β-unsaturated/α-hetero) is 1. The average molecular weight is 202 g/mol. The molecule has 0 atom stereocenters. The van der Waals surface area contributed by atoms with E-state index in [2.05, 4.69) is 0 Å². The Balaban J connectivity index is 3.21. The molecule has 0 N–H and O–H groups in total. The Hall–Kier alpha value is -1.32. The van der Waals surface area contributed by atoms with Crippen LogP contribution in [0.3, 0.4) is 0 Å². The van der Waals surface area contributed by atoms with E-state index in [9.17, 15) is 18.0 Å². The van der Waals surface area contributed by atoms with E-state index in [4.69, 9.17) is 0 Å². The summed E-state index contributed by atoms with van der Waals surface area (Å²) < 4.78 is 36.3. The zero-order valence-corrected chi connectivity index (χ0v) is 7.77. The summed E-state index contributed by atoms with van der Waals surface area (Å²) in [5, 5.41) is 0. The first-order valence-electron chi connectivity index (χ1n) is 4.02. The molecule has 0 heterocycles. The molecule has 0 aromatic heterocycles. The van der Waals surface area contributed by atoms with Crippen LogP contribution in [0.2, 0.25) is 0 Å². The van der Waals surface area contributed by atoms with Crippen LogP contribution in [0.5, 0.6) is 0 Å². The molecule has 1 nitrogen and oxygen atoms in total. The third-order valence-electron chi connectivity index (χ3n) is 2.11. The van der Waals surface area contributed by atoms with Crippen LogP contribution in [-0.4, -0.2) is 12.0 Å². The standard InChI is InChI=1S/C10H9F3O/c1-6-4-3-5-8(7(6)2)9(14)10(11,12)13/h3-5H,1-2H3. The maximum atomic E-state index is 12.1. The maximum absolute atomic E-state index is 12.1. The molecule has 1 aromatic rings. The Bertz CT molecular complexity index is 366. The second kappa shape index (κ2) is 3.44. The van der Waals surface area contributed by atoms with E-state index in [1.54, 1.807) is 13.0 Å². The molecule has 0 saturated carbocycles. The van der Waals surface area contributed by atoms with Crippen molar-refractivity contribution in [2.45, 2.75) is 20.0 Å². The SMILES string of the molecule is Cc1cccc(C(=O)C(F)(F)F)c1C. The van der Waals surface area contributed by atoms with E-state index in [0.29, 0.717) is 11.1 Å². The van der Waals surface area contributed by atoms with Crippen molar-refractivity contribution < 1.29 is 18.0 Å². The van der Waals surface area contributed by atoms with Crippen molar-refractivity contribution in [3.8, 4) is 0 Å². The molecule has 0 radical (unpaired) electrons. The molecule has 0 amide bonds. The summed E-state index contributed by atoms with van der Waals surface area (Å²) in [6.45, 7) is 3.18. The molecule has 0 saturated heterocycles. The van der Waals surface area contributed by atoms with Crippen LogP contribution in [0, 0.1) is 13.8 Å². The Kier molecular flexibility index (Phi) is 2.64. The fourth-order valence-electron chi connectivity index (χ4n) is 1.15. The van der Waals surface area contributed by atoms with Gasteiger partial charge in [0.25, 0.3) is 5.78 Å². The van der Waals surface area contributed by atoms with E-state index in [0.717, 1.165) is 0 Å². The average Bonchev–Trinajstić information content (AvgIpc) is 2.07. The van der Waals surface area contributed by atoms with Crippen LogP contribution in [-0.2, 0) is 0 Å². The Labute approximate surface area is 79.5 Å². The molecule has 0 aliphatic rings. The van der Waals surface area contributed by atoms with Crippen molar-refractivity contribution in [1.82, 2.24) is 0 Å². The van der Waals surface area contributed by atoms with Crippen molar-refractivity contribution in [2.24, 2.45) is 0 Å². The van der Waals surface area contributed by atoms with Gasteiger partial charge in [0.15, 0.2) is 0 Å². The van der Waals surface area contributed by atoms with Crippen LogP contribution >= 0.6 is 0 Å². The lowest BCUT2D eigenvalue weighted by molar-refractivity contribution is -0.0885. The summed E-state index contributed by atoms with van der Waals surface area (Å²) in [7, 11) is 0. The fourth-order valence-corrected chi connectivity index (χ4v) is 1.15.